The van der Waals surface area contributed by atoms with Gasteiger partial charge >= 0.3 is 11.9 Å². The third-order valence-electron chi connectivity index (χ3n) is 4.68. The molecule has 3 rings (SSSR count). The molecule has 1 heterocycles. The zero-order valence-electron chi connectivity index (χ0n) is 17.5. The van der Waals surface area contributed by atoms with Crippen molar-refractivity contribution in [2.45, 2.75) is 26.3 Å². The second-order valence-corrected chi connectivity index (χ2v) is 7.92. The fourth-order valence-corrected chi connectivity index (χ4v) is 3.99. The first-order valence-corrected chi connectivity index (χ1v) is 11.1. The van der Waals surface area contributed by atoms with Crippen molar-refractivity contribution in [2.75, 3.05) is 6.61 Å². The van der Waals surface area contributed by atoms with E-state index in [1.807, 2.05) is 30.3 Å². The molecule has 2 aromatic carbocycles. The van der Waals surface area contributed by atoms with Gasteiger partial charge in [0, 0.05) is 21.2 Å². The molecule has 0 bridgehead atoms. The molecule has 0 amide bonds. The molecule has 5 nitrogen and oxygen atoms in total. The highest BCUT2D eigenvalue weighted by Crippen LogP contribution is 2.38. The van der Waals surface area contributed by atoms with Gasteiger partial charge in [-0.05, 0) is 31.5 Å². The van der Waals surface area contributed by atoms with Crippen LogP contribution in [0.2, 0.25) is 10.0 Å². The van der Waals surface area contributed by atoms with E-state index in [-0.39, 0.29) is 46.5 Å². The number of rotatable bonds is 7. The molecule has 0 atom stereocenters. The number of pyridine rings is 1. The largest absolute Gasteiger partial charge is 0.462 e. The van der Waals surface area contributed by atoms with Gasteiger partial charge in [0.15, 0.2) is 0 Å². The average Bonchev–Trinajstić information content (AvgIpc) is 2.77. The van der Waals surface area contributed by atoms with Crippen LogP contribution in [0.15, 0.2) is 48.5 Å². The molecule has 0 aliphatic heterocycles. The van der Waals surface area contributed by atoms with Gasteiger partial charge in [0.2, 0.25) is 0 Å². The van der Waals surface area contributed by atoms with Gasteiger partial charge in [0.1, 0.15) is 6.61 Å². The number of ether oxygens (including phenoxy) is 2. The minimum Gasteiger partial charge on any atom is -0.462 e. The lowest BCUT2D eigenvalue weighted by molar-refractivity contribution is 0.0472. The fourth-order valence-electron chi connectivity index (χ4n) is 3.29. The second-order valence-electron chi connectivity index (χ2n) is 6.81. The van der Waals surface area contributed by atoms with Crippen LogP contribution in [0.3, 0.4) is 0 Å². The Morgan fingerprint density at radius 3 is 2.28 bits per heavy atom. The van der Waals surface area contributed by atoms with Crippen LogP contribution >= 0.6 is 34.8 Å². The number of hydrogen-bond acceptors (Lipinski definition) is 5. The van der Waals surface area contributed by atoms with Crippen molar-refractivity contribution >= 4 is 46.7 Å². The highest BCUT2D eigenvalue weighted by atomic mass is 35.5. The Hall–Kier alpha value is -2.60. The van der Waals surface area contributed by atoms with E-state index in [4.69, 9.17) is 44.3 Å². The van der Waals surface area contributed by atoms with E-state index in [2.05, 4.69) is 4.98 Å². The van der Waals surface area contributed by atoms with Crippen molar-refractivity contribution < 1.29 is 19.1 Å². The molecule has 3 aromatic rings. The summed E-state index contributed by atoms with van der Waals surface area (Å²) in [5, 5.41) is 0.666. The molecular weight excluding hydrogens is 473 g/mol. The number of carbonyl (C=O) groups is 2. The number of benzene rings is 2. The molecule has 0 unspecified atom stereocenters. The maximum Gasteiger partial charge on any atom is 0.340 e. The summed E-state index contributed by atoms with van der Waals surface area (Å²) in [5.41, 5.74) is 2.32. The van der Waals surface area contributed by atoms with E-state index < -0.39 is 11.9 Å². The van der Waals surface area contributed by atoms with Crippen molar-refractivity contribution in [1.29, 1.82) is 0 Å². The van der Waals surface area contributed by atoms with Gasteiger partial charge < -0.3 is 9.47 Å². The number of halogens is 3. The second kappa shape index (κ2) is 10.8. The highest BCUT2D eigenvalue weighted by Gasteiger charge is 2.30. The maximum absolute atomic E-state index is 13.2. The maximum atomic E-state index is 13.2. The summed E-state index contributed by atoms with van der Waals surface area (Å²) in [5.74, 6) is -1.37. The van der Waals surface area contributed by atoms with E-state index in [0.717, 1.165) is 5.56 Å². The van der Waals surface area contributed by atoms with Crippen molar-refractivity contribution in [3.05, 3.63) is 86.7 Å². The first-order valence-electron chi connectivity index (χ1n) is 9.80. The van der Waals surface area contributed by atoms with E-state index >= 15 is 0 Å². The number of aromatic nitrogens is 1. The van der Waals surface area contributed by atoms with Gasteiger partial charge in [-0.15, -0.1) is 11.6 Å². The van der Waals surface area contributed by atoms with Crippen LogP contribution in [0.4, 0.5) is 0 Å². The summed E-state index contributed by atoms with van der Waals surface area (Å²) in [6, 6.07) is 14.0. The first-order chi connectivity index (χ1) is 15.4. The molecular formula is C24H20Cl3NO4. The third-order valence-corrected chi connectivity index (χ3v) is 5.48. The molecule has 0 radical (unpaired) electrons. The number of hydrogen-bond donors (Lipinski definition) is 0. The molecule has 0 aliphatic rings. The molecule has 166 valence electrons. The number of nitrogens with zero attached hydrogens (tertiary/aromatic N) is 1. The van der Waals surface area contributed by atoms with Crippen molar-refractivity contribution in [2.24, 2.45) is 0 Å². The number of carbonyl (C=O) groups excluding carboxylic acids is 2. The molecule has 0 saturated heterocycles. The highest BCUT2D eigenvalue weighted by molar-refractivity contribution is 6.37. The fraction of sp³-hybridized carbons (Fsp3) is 0.208. The van der Waals surface area contributed by atoms with Crippen molar-refractivity contribution in [1.82, 2.24) is 4.98 Å². The third kappa shape index (κ3) is 5.23. The van der Waals surface area contributed by atoms with E-state index in [1.165, 1.54) is 6.07 Å². The van der Waals surface area contributed by atoms with E-state index in [0.29, 0.717) is 16.3 Å². The monoisotopic (exact) mass is 491 g/mol. The molecule has 1 aromatic heterocycles. The molecule has 0 N–H and O–H groups in total. The Labute approximate surface area is 201 Å². The van der Waals surface area contributed by atoms with E-state index in [9.17, 15) is 9.59 Å². The first kappa shape index (κ1) is 24.1. The zero-order chi connectivity index (χ0) is 23.3. The van der Waals surface area contributed by atoms with Crippen LogP contribution in [0.1, 0.15) is 44.6 Å². The molecule has 0 aliphatic carbocycles. The minimum absolute atomic E-state index is 0.0545. The lowest BCUT2D eigenvalue weighted by Gasteiger charge is -2.19. The quantitative estimate of drug-likeness (QED) is 0.273. The number of aryl methyl sites for hydroxylation is 1. The molecule has 0 fully saturated rings. The van der Waals surface area contributed by atoms with Gasteiger partial charge in [-0.2, -0.15) is 0 Å². The van der Waals surface area contributed by atoms with Crippen LogP contribution in [0, 0.1) is 6.92 Å². The van der Waals surface area contributed by atoms with E-state index in [1.54, 1.807) is 26.0 Å². The Kier molecular flexibility index (Phi) is 8.13. The topological polar surface area (TPSA) is 65.5 Å². The van der Waals surface area contributed by atoms with Gasteiger partial charge in [0.05, 0.1) is 35.0 Å². The SMILES string of the molecule is CCOC(=O)c1c(CCl)nc(C)c(C(=O)OCc2ccccc2)c1-c1ccc(Cl)cc1Cl. The molecule has 8 heteroatoms. The normalized spacial score (nSPS) is 10.7. The Balaban J connectivity index is 2.21. The lowest BCUT2D eigenvalue weighted by atomic mass is 9.92. The van der Waals surface area contributed by atoms with Gasteiger partial charge in [-0.3, -0.25) is 4.98 Å². The number of esters is 2. The minimum atomic E-state index is -0.659. The smallest absolute Gasteiger partial charge is 0.340 e. The summed E-state index contributed by atoms with van der Waals surface area (Å²) < 4.78 is 10.8. The van der Waals surface area contributed by atoms with Crippen LogP contribution in [0.5, 0.6) is 0 Å². The van der Waals surface area contributed by atoms with Gasteiger partial charge in [-0.25, -0.2) is 9.59 Å². The number of alkyl halides is 1. The molecule has 32 heavy (non-hydrogen) atoms. The van der Waals surface area contributed by atoms with Crippen molar-refractivity contribution in [3.63, 3.8) is 0 Å². The average molecular weight is 493 g/mol. The Morgan fingerprint density at radius 2 is 1.66 bits per heavy atom. The van der Waals surface area contributed by atoms with Crippen molar-refractivity contribution in [3.8, 4) is 11.1 Å². The standard InChI is InChI=1S/C24H20Cl3NO4/c1-3-31-24(30)22-19(12-25)28-14(2)20(21(22)17-10-9-16(26)11-18(17)27)23(29)32-13-15-7-5-4-6-8-15/h4-11H,3,12-13H2,1-2H3. The lowest BCUT2D eigenvalue weighted by Crippen LogP contribution is -2.18. The van der Waals surface area contributed by atoms with Crippen LogP contribution in [0.25, 0.3) is 11.1 Å². The predicted octanol–water partition coefficient (Wildman–Crippen LogP) is 6.64. The molecule has 0 spiro atoms. The van der Waals surface area contributed by atoms with Crippen LogP contribution in [-0.2, 0) is 22.0 Å². The predicted molar refractivity (Wildman–Crippen MR) is 126 cm³/mol. The summed E-state index contributed by atoms with van der Waals surface area (Å²) in [4.78, 5) is 30.5. The van der Waals surface area contributed by atoms with Gasteiger partial charge in [-0.1, -0.05) is 59.6 Å². The summed E-state index contributed by atoms with van der Waals surface area (Å²) in [6.07, 6.45) is 0. The molecule has 0 saturated carbocycles. The van der Waals surface area contributed by atoms with Crippen LogP contribution < -0.4 is 0 Å². The Morgan fingerprint density at radius 1 is 0.969 bits per heavy atom. The summed E-state index contributed by atoms with van der Waals surface area (Å²) >= 11 is 18.6. The summed E-state index contributed by atoms with van der Waals surface area (Å²) in [7, 11) is 0. The summed E-state index contributed by atoms with van der Waals surface area (Å²) in [6.45, 7) is 3.52. The Bertz CT molecular complexity index is 1150. The zero-order valence-corrected chi connectivity index (χ0v) is 19.7. The van der Waals surface area contributed by atoms with Crippen LogP contribution in [-0.4, -0.2) is 23.5 Å². The van der Waals surface area contributed by atoms with Gasteiger partial charge in [0.25, 0.3) is 0 Å².